The van der Waals surface area contributed by atoms with Crippen LogP contribution >= 0.6 is 11.6 Å². The van der Waals surface area contributed by atoms with Crippen LogP contribution in [-0.4, -0.2) is 30.0 Å². The van der Waals surface area contributed by atoms with E-state index >= 15 is 0 Å². The van der Waals surface area contributed by atoms with E-state index in [1.165, 1.54) is 11.1 Å². The minimum absolute atomic E-state index is 0.642. The Labute approximate surface area is 118 Å². The highest BCUT2D eigenvalue weighted by Gasteiger charge is 2.03. The molecular formula is C14H18ClN3O. The molecule has 0 amide bonds. The Morgan fingerprint density at radius 3 is 2.89 bits per heavy atom. The van der Waals surface area contributed by atoms with Crippen molar-refractivity contribution in [2.45, 2.75) is 13.5 Å². The van der Waals surface area contributed by atoms with Crippen LogP contribution in [0, 0.1) is 6.92 Å². The Morgan fingerprint density at radius 2 is 2.26 bits per heavy atom. The van der Waals surface area contributed by atoms with Crippen molar-refractivity contribution in [3.05, 3.63) is 46.7 Å². The number of methoxy groups -OCH3 is 1. The van der Waals surface area contributed by atoms with Crippen molar-refractivity contribution in [3.63, 3.8) is 0 Å². The molecule has 1 aromatic carbocycles. The van der Waals surface area contributed by atoms with Crippen LogP contribution in [0.1, 0.15) is 11.1 Å². The monoisotopic (exact) mass is 279 g/mol. The summed E-state index contributed by atoms with van der Waals surface area (Å²) < 4.78 is 6.78. The van der Waals surface area contributed by atoms with Gasteiger partial charge in [0.1, 0.15) is 0 Å². The Bertz CT molecular complexity index is 539. The van der Waals surface area contributed by atoms with Gasteiger partial charge in [-0.1, -0.05) is 17.7 Å². The number of aromatic nitrogens is 2. The summed E-state index contributed by atoms with van der Waals surface area (Å²) in [6, 6.07) is 6.26. The van der Waals surface area contributed by atoms with Gasteiger partial charge >= 0.3 is 0 Å². The maximum absolute atomic E-state index is 5.87. The summed E-state index contributed by atoms with van der Waals surface area (Å²) in [7, 11) is 1.71. The maximum Gasteiger partial charge on any atom is 0.0790 e. The van der Waals surface area contributed by atoms with E-state index in [1.54, 1.807) is 24.2 Å². The number of benzene rings is 1. The zero-order valence-corrected chi connectivity index (χ0v) is 11.9. The van der Waals surface area contributed by atoms with Crippen LogP contribution in [0.4, 0.5) is 0 Å². The first-order chi connectivity index (χ1) is 9.20. The Balaban J connectivity index is 2.04. The summed E-state index contributed by atoms with van der Waals surface area (Å²) in [6.07, 6.45) is 3.43. The average molecular weight is 280 g/mol. The fourth-order valence-corrected chi connectivity index (χ4v) is 2.00. The standard InChI is InChI=1S/C14H18ClN3O/c1-11-7-14(18-10-13(15)9-17-18)4-3-12(11)8-16-5-6-19-2/h3-4,7,9-10,16H,5-6,8H2,1-2H3. The molecule has 0 spiro atoms. The fraction of sp³-hybridized carbons (Fsp3) is 0.357. The summed E-state index contributed by atoms with van der Waals surface area (Å²) in [6.45, 7) is 4.52. The Hall–Kier alpha value is -1.36. The van der Waals surface area contributed by atoms with Crippen molar-refractivity contribution in [1.82, 2.24) is 15.1 Å². The lowest BCUT2D eigenvalue weighted by atomic mass is 10.1. The quantitative estimate of drug-likeness (QED) is 0.826. The molecule has 19 heavy (non-hydrogen) atoms. The van der Waals surface area contributed by atoms with E-state index in [-0.39, 0.29) is 0 Å². The van der Waals surface area contributed by atoms with Crippen LogP contribution in [0.2, 0.25) is 5.02 Å². The van der Waals surface area contributed by atoms with Gasteiger partial charge < -0.3 is 10.1 Å². The molecule has 1 heterocycles. The first-order valence-electron chi connectivity index (χ1n) is 6.20. The number of halogens is 1. The number of hydrogen-bond donors (Lipinski definition) is 1. The molecule has 102 valence electrons. The fourth-order valence-electron chi connectivity index (χ4n) is 1.86. The molecule has 0 aliphatic rings. The molecule has 1 aromatic heterocycles. The summed E-state index contributed by atoms with van der Waals surface area (Å²) in [5.74, 6) is 0. The SMILES string of the molecule is COCCNCc1ccc(-n2cc(Cl)cn2)cc1C. The minimum Gasteiger partial charge on any atom is -0.383 e. The van der Waals surface area contributed by atoms with Crippen LogP contribution in [-0.2, 0) is 11.3 Å². The highest BCUT2D eigenvalue weighted by Crippen LogP contribution is 2.16. The van der Waals surface area contributed by atoms with E-state index in [0.29, 0.717) is 5.02 Å². The predicted molar refractivity (Wildman–Crippen MR) is 76.9 cm³/mol. The zero-order chi connectivity index (χ0) is 13.7. The van der Waals surface area contributed by atoms with Gasteiger partial charge in [-0.2, -0.15) is 5.10 Å². The molecule has 2 rings (SSSR count). The molecule has 0 saturated heterocycles. The molecular weight excluding hydrogens is 262 g/mol. The smallest absolute Gasteiger partial charge is 0.0790 e. The van der Waals surface area contributed by atoms with Crippen LogP contribution < -0.4 is 5.32 Å². The number of nitrogens with one attached hydrogen (secondary N) is 1. The second-order valence-corrected chi connectivity index (χ2v) is 4.82. The summed E-state index contributed by atoms with van der Waals surface area (Å²) >= 11 is 5.87. The van der Waals surface area contributed by atoms with Crippen molar-refractivity contribution < 1.29 is 4.74 Å². The van der Waals surface area contributed by atoms with E-state index in [1.807, 2.05) is 6.07 Å². The highest BCUT2D eigenvalue weighted by molar-refractivity contribution is 6.30. The summed E-state index contributed by atoms with van der Waals surface area (Å²) in [4.78, 5) is 0. The van der Waals surface area contributed by atoms with Crippen LogP contribution in [0.3, 0.4) is 0 Å². The van der Waals surface area contributed by atoms with Crippen molar-refractivity contribution in [3.8, 4) is 5.69 Å². The first kappa shape index (κ1) is 14.1. The van der Waals surface area contributed by atoms with Gasteiger partial charge in [-0.05, 0) is 30.2 Å². The summed E-state index contributed by atoms with van der Waals surface area (Å²) in [5.41, 5.74) is 3.53. The molecule has 1 N–H and O–H groups in total. The zero-order valence-electron chi connectivity index (χ0n) is 11.2. The van der Waals surface area contributed by atoms with Gasteiger partial charge in [-0.25, -0.2) is 4.68 Å². The molecule has 0 unspecified atom stereocenters. The molecule has 0 saturated carbocycles. The Kier molecular flexibility index (Phi) is 4.96. The predicted octanol–water partition coefficient (Wildman–Crippen LogP) is 2.57. The van der Waals surface area contributed by atoms with E-state index in [4.69, 9.17) is 16.3 Å². The summed E-state index contributed by atoms with van der Waals surface area (Å²) in [5, 5.41) is 8.18. The van der Waals surface area contributed by atoms with E-state index in [0.717, 1.165) is 25.4 Å². The lowest BCUT2D eigenvalue weighted by Gasteiger charge is -2.09. The van der Waals surface area contributed by atoms with E-state index in [9.17, 15) is 0 Å². The molecule has 0 radical (unpaired) electrons. The van der Waals surface area contributed by atoms with Crippen LogP contribution in [0.5, 0.6) is 0 Å². The lowest BCUT2D eigenvalue weighted by Crippen LogP contribution is -2.19. The Morgan fingerprint density at radius 1 is 1.42 bits per heavy atom. The van der Waals surface area contributed by atoms with Gasteiger partial charge in [0.25, 0.3) is 0 Å². The van der Waals surface area contributed by atoms with E-state index < -0.39 is 0 Å². The topological polar surface area (TPSA) is 39.1 Å². The number of ether oxygens (including phenoxy) is 1. The second kappa shape index (κ2) is 6.70. The third-order valence-corrected chi connectivity index (χ3v) is 3.14. The van der Waals surface area contributed by atoms with E-state index in [2.05, 4.69) is 29.5 Å². The van der Waals surface area contributed by atoms with Crippen molar-refractivity contribution >= 4 is 11.6 Å². The average Bonchev–Trinajstić information content (AvgIpc) is 2.83. The van der Waals surface area contributed by atoms with Crippen molar-refractivity contribution in [2.75, 3.05) is 20.3 Å². The third-order valence-electron chi connectivity index (χ3n) is 2.94. The van der Waals surface area contributed by atoms with Gasteiger partial charge in [0.15, 0.2) is 0 Å². The minimum atomic E-state index is 0.642. The molecule has 2 aromatic rings. The van der Waals surface area contributed by atoms with Gasteiger partial charge in [-0.3, -0.25) is 0 Å². The lowest BCUT2D eigenvalue weighted by molar-refractivity contribution is 0.199. The first-order valence-corrected chi connectivity index (χ1v) is 6.58. The number of hydrogen-bond acceptors (Lipinski definition) is 3. The molecule has 4 nitrogen and oxygen atoms in total. The maximum atomic E-state index is 5.87. The molecule has 0 bridgehead atoms. The largest absolute Gasteiger partial charge is 0.383 e. The molecule has 0 aliphatic carbocycles. The van der Waals surface area contributed by atoms with Gasteiger partial charge in [0.05, 0.1) is 23.5 Å². The highest BCUT2D eigenvalue weighted by atomic mass is 35.5. The third kappa shape index (κ3) is 3.80. The molecule has 0 atom stereocenters. The number of aryl methyl sites for hydroxylation is 1. The van der Waals surface area contributed by atoms with Crippen LogP contribution in [0.25, 0.3) is 5.69 Å². The van der Waals surface area contributed by atoms with Crippen LogP contribution in [0.15, 0.2) is 30.6 Å². The number of rotatable bonds is 6. The second-order valence-electron chi connectivity index (χ2n) is 4.38. The van der Waals surface area contributed by atoms with Crippen molar-refractivity contribution in [1.29, 1.82) is 0 Å². The molecule has 0 fully saturated rings. The van der Waals surface area contributed by atoms with Gasteiger partial charge in [0.2, 0.25) is 0 Å². The van der Waals surface area contributed by atoms with Gasteiger partial charge in [-0.15, -0.1) is 0 Å². The number of nitrogens with zero attached hydrogens (tertiary/aromatic N) is 2. The normalized spacial score (nSPS) is 10.9. The van der Waals surface area contributed by atoms with Gasteiger partial charge in [0, 0.05) is 26.4 Å². The molecule has 0 aliphatic heterocycles. The van der Waals surface area contributed by atoms with Crippen molar-refractivity contribution in [2.24, 2.45) is 0 Å². The molecule has 5 heteroatoms.